The molecule has 0 atom stereocenters. The normalized spacial score (nSPS) is 17.2. The number of rotatable bonds is 6. The SMILES string of the molecule is Cc1ccsc1CCC(=O)NCC1(CN)CCC1. The van der Waals surface area contributed by atoms with Crippen LogP contribution in [0.2, 0.25) is 0 Å². The van der Waals surface area contributed by atoms with Crippen LogP contribution in [-0.4, -0.2) is 19.0 Å². The van der Waals surface area contributed by atoms with Gasteiger partial charge in [0, 0.05) is 17.8 Å². The van der Waals surface area contributed by atoms with Gasteiger partial charge in [-0.3, -0.25) is 4.79 Å². The first-order valence-electron chi connectivity index (χ1n) is 6.65. The Balaban J connectivity index is 1.71. The largest absolute Gasteiger partial charge is 0.355 e. The summed E-state index contributed by atoms with van der Waals surface area (Å²) in [7, 11) is 0. The minimum absolute atomic E-state index is 0.155. The monoisotopic (exact) mass is 266 g/mol. The lowest BCUT2D eigenvalue weighted by molar-refractivity contribution is -0.121. The minimum Gasteiger partial charge on any atom is -0.355 e. The highest BCUT2D eigenvalue weighted by Crippen LogP contribution is 2.39. The molecule has 0 saturated heterocycles. The number of carbonyl (C=O) groups excluding carboxylic acids is 1. The van der Waals surface area contributed by atoms with Crippen molar-refractivity contribution in [2.45, 2.75) is 39.0 Å². The molecule has 1 fully saturated rings. The molecule has 4 heteroatoms. The standard InChI is InChI=1S/C14H22N2OS/c1-11-5-8-18-12(11)3-4-13(17)16-10-14(9-15)6-2-7-14/h5,8H,2-4,6-7,9-10,15H2,1H3,(H,16,17). The highest BCUT2D eigenvalue weighted by atomic mass is 32.1. The molecular weight excluding hydrogens is 244 g/mol. The van der Waals surface area contributed by atoms with Gasteiger partial charge >= 0.3 is 0 Å². The van der Waals surface area contributed by atoms with Crippen LogP contribution >= 0.6 is 11.3 Å². The Kier molecular flexibility index (Phi) is 4.40. The number of hydrogen-bond acceptors (Lipinski definition) is 3. The summed E-state index contributed by atoms with van der Waals surface area (Å²) in [6.45, 7) is 3.55. The molecule has 0 unspecified atom stereocenters. The molecule has 2 rings (SSSR count). The van der Waals surface area contributed by atoms with E-state index in [2.05, 4.69) is 23.7 Å². The number of amides is 1. The van der Waals surface area contributed by atoms with Crippen LogP contribution in [0.1, 0.15) is 36.1 Å². The van der Waals surface area contributed by atoms with Crippen LogP contribution in [0.4, 0.5) is 0 Å². The van der Waals surface area contributed by atoms with Crippen LogP contribution in [0.5, 0.6) is 0 Å². The maximum atomic E-state index is 11.8. The molecular formula is C14H22N2OS. The molecule has 3 N–H and O–H groups in total. The number of aryl methyl sites for hydroxylation is 2. The van der Waals surface area contributed by atoms with Gasteiger partial charge in [0.1, 0.15) is 0 Å². The van der Waals surface area contributed by atoms with Gasteiger partial charge in [0.2, 0.25) is 5.91 Å². The van der Waals surface area contributed by atoms with E-state index >= 15 is 0 Å². The van der Waals surface area contributed by atoms with E-state index in [9.17, 15) is 4.79 Å². The number of thiophene rings is 1. The molecule has 1 heterocycles. The summed E-state index contributed by atoms with van der Waals surface area (Å²) in [6.07, 6.45) is 5.01. The van der Waals surface area contributed by atoms with Crippen LogP contribution in [0.15, 0.2) is 11.4 Å². The molecule has 0 aliphatic heterocycles. The first kappa shape index (κ1) is 13.6. The molecule has 3 nitrogen and oxygen atoms in total. The Morgan fingerprint density at radius 2 is 2.33 bits per heavy atom. The Morgan fingerprint density at radius 1 is 1.56 bits per heavy atom. The minimum atomic E-state index is 0.155. The van der Waals surface area contributed by atoms with Gasteiger partial charge in [0.15, 0.2) is 0 Å². The molecule has 1 aliphatic carbocycles. The average molecular weight is 266 g/mol. The van der Waals surface area contributed by atoms with Crippen molar-refractivity contribution in [2.75, 3.05) is 13.1 Å². The first-order valence-corrected chi connectivity index (χ1v) is 7.53. The fourth-order valence-electron chi connectivity index (χ4n) is 2.39. The third-order valence-corrected chi connectivity index (χ3v) is 5.14. The smallest absolute Gasteiger partial charge is 0.220 e. The van der Waals surface area contributed by atoms with Crippen LogP contribution in [-0.2, 0) is 11.2 Å². The fourth-order valence-corrected chi connectivity index (χ4v) is 3.30. The molecule has 1 aromatic heterocycles. The Labute approximate surface area is 113 Å². The van der Waals surface area contributed by atoms with Crippen molar-refractivity contribution in [1.29, 1.82) is 0 Å². The topological polar surface area (TPSA) is 55.1 Å². The van der Waals surface area contributed by atoms with Crippen LogP contribution in [0.25, 0.3) is 0 Å². The maximum Gasteiger partial charge on any atom is 0.220 e. The van der Waals surface area contributed by atoms with Crippen molar-refractivity contribution in [1.82, 2.24) is 5.32 Å². The van der Waals surface area contributed by atoms with Crippen LogP contribution < -0.4 is 11.1 Å². The van der Waals surface area contributed by atoms with Crippen molar-refractivity contribution < 1.29 is 4.79 Å². The molecule has 18 heavy (non-hydrogen) atoms. The van der Waals surface area contributed by atoms with E-state index < -0.39 is 0 Å². The van der Waals surface area contributed by atoms with Crippen molar-refractivity contribution >= 4 is 17.2 Å². The first-order chi connectivity index (χ1) is 8.65. The lowest BCUT2D eigenvalue weighted by atomic mass is 9.69. The van der Waals surface area contributed by atoms with Gasteiger partial charge in [-0.15, -0.1) is 11.3 Å². The second-order valence-corrected chi connectivity index (χ2v) is 6.36. The Bertz CT molecular complexity index is 404. The molecule has 0 bridgehead atoms. The van der Waals surface area contributed by atoms with E-state index in [1.165, 1.54) is 16.9 Å². The summed E-state index contributed by atoms with van der Waals surface area (Å²) in [4.78, 5) is 13.1. The summed E-state index contributed by atoms with van der Waals surface area (Å²) >= 11 is 1.74. The summed E-state index contributed by atoms with van der Waals surface area (Å²) in [5.74, 6) is 0.155. The van der Waals surface area contributed by atoms with Gasteiger partial charge in [-0.05, 0) is 55.2 Å². The lowest BCUT2D eigenvalue weighted by Crippen LogP contribution is -2.46. The molecule has 0 spiro atoms. The molecule has 0 aromatic carbocycles. The van der Waals surface area contributed by atoms with Crippen molar-refractivity contribution in [3.63, 3.8) is 0 Å². The predicted octanol–water partition coefficient (Wildman–Crippen LogP) is 2.23. The van der Waals surface area contributed by atoms with Crippen molar-refractivity contribution in [3.05, 3.63) is 21.9 Å². The second-order valence-electron chi connectivity index (χ2n) is 5.36. The van der Waals surface area contributed by atoms with Crippen LogP contribution in [0, 0.1) is 12.3 Å². The summed E-state index contributed by atoms with van der Waals surface area (Å²) in [5, 5.41) is 5.13. The Morgan fingerprint density at radius 3 is 2.83 bits per heavy atom. The van der Waals surface area contributed by atoms with Gasteiger partial charge in [-0.25, -0.2) is 0 Å². The highest BCUT2D eigenvalue weighted by Gasteiger charge is 2.35. The van der Waals surface area contributed by atoms with Gasteiger partial charge < -0.3 is 11.1 Å². The third kappa shape index (κ3) is 3.12. The Hall–Kier alpha value is -0.870. The van der Waals surface area contributed by atoms with Gasteiger partial charge in [-0.2, -0.15) is 0 Å². The third-order valence-electron chi connectivity index (χ3n) is 4.06. The molecule has 1 aromatic rings. The molecule has 100 valence electrons. The number of nitrogens with one attached hydrogen (secondary N) is 1. The summed E-state index contributed by atoms with van der Waals surface area (Å²) in [6, 6.07) is 2.11. The highest BCUT2D eigenvalue weighted by molar-refractivity contribution is 7.10. The molecule has 1 aliphatic rings. The van der Waals surface area contributed by atoms with E-state index in [4.69, 9.17) is 5.73 Å². The van der Waals surface area contributed by atoms with E-state index in [1.807, 2.05) is 0 Å². The maximum absolute atomic E-state index is 11.8. The quantitative estimate of drug-likeness (QED) is 0.829. The molecule has 1 saturated carbocycles. The molecule has 0 radical (unpaired) electrons. The average Bonchev–Trinajstić information content (AvgIpc) is 2.71. The van der Waals surface area contributed by atoms with Crippen molar-refractivity contribution in [3.8, 4) is 0 Å². The summed E-state index contributed by atoms with van der Waals surface area (Å²) in [5.41, 5.74) is 7.28. The summed E-state index contributed by atoms with van der Waals surface area (Å²) < 4.78 is 0. The zero-order valence-electron chi connectivity index (χ0n) is 11.0. The number of carbonyl (C=O) groups is 1. The molecule has 1 amide bonds. The van der Waals surface area contributed by atoms with Crippen LogP contribution in [0.3, 0.4) is 0 Å². The van der Waals surface area contributed by atoms with Gasteiger partial charge in [0.25, 0.3) is 0 Å². The van der Waals surface area contributed by atoms with E-state index in [1.54, 1.807) is 11.3 Å². The second kappa shape index (κ2) is 5.85. The predicted molar refractivity (Wildman–Crippen MR) is 75.7 cm³/mol. The zero-order chi connectivity index (χ0) is 13.0. The number of hydrogen-bond donors (Lipinski definition) is 2. The van der Waals surface area contributed by atoms with E-state index in [-0.39, 0.29) is 11.3 Å². The van der Waals surface area contributed by atoms with Crippen molar-refractivity contribution in [2.24, 2.45) is 11.1 Å². The van der Waals surface area contributed by atoms with E-state index in [0.717, 1.165) is 25.8 Å². The van der Waals surface area contributed by atoms with Gasteiger partial charge in [-0.1, -0.05) is 6.42 Å². The van der Waals surface area contributed by atoms with E-state index in [0.29, 0.717) is 13.0 Å². The van der Waals surface area contributed by atoms with Gasteiger partial charge in [0.05, 0.1) is 0 Å². The lowest BCUT2D eigenvalue weighted by Gasteiger charge is -2.41. The fraction of sp³-hybridized carbons (Fsp3) is 0.643. The zero-order valence-corrected chi connectivity index (χ0v) is 11.8. The number of nitrogens with two attached hydrogens (primary N) is 1.